The summed E-state index contributed by atoms with van der Waals surface area (Å²) in [4.78, 5) is 2.60. The fraction of sp³-hybridized carbons (Fsp3) is 0.600. The van der Waals surface area contributed by atoms with Gasteiger partial charge in [0.15, 0.2) is 0 Å². The van der Waals surface area contributed by atoms with Crippen LogP contribution in [0.3, 0.4) is 0 Å². The van der Waals surface area contributed by atoms with Gasteiger partial charge in [-0.1, -0.05) is 50.6 Å². The van der Waals surface area contributed by atoms with Crippen molar-refractivity contribution in [3.05, 3.63) is 35.9 Å². The molecule has 0 saturated carbocycles. The van der Waals surface area contributed by atoms with E-state index in [0.29, 0.717) is 0 Å². The van der Waals surface area contributed by atoms with E-state index in [1.165, 1.54) is 31.5 Å². The maximum atomic E-state index is 2.60. The number of likely N-dealkylation sites (tertiary alicyclic amines) is 1. The Morgan fingerprint density at radius 1 is 1.31 bits per heavy atom. The second-order valence-electron chi connectivity index (χ2n) is 5.16. The van der Waals surface area contributed by atoms with Crippen molar-refractivity contribution in [1.29, 1.82) is 0 Å². The Hall–Kier alpha value is -0.820. The van der Waals surface area contributed by atoms with Crippen LogP contribution in [-0.4, -0.2) is 18.0 Å². The van der Waals surface area contributed by atoms with E-state index in [9.17, 15) is 0 Å². The van der Waals surface area contributed by atoms with Crippen molar-refractivity contribution >= 4 is 0 Å². The van der Waals surface area contributed by atoms with Gasteiger partial charge in [0.1, 0.15) is 0 Å². The predicted molar refractivity (Wildman–Crippen MR) is 69.3 cm³/mol. The van der Waals surface area contributed by atoms with Crippen molar-refractivity contribution in [2.75, 3.05) is 13.1 Å². The fourth-order valence-electron chi connectivity index (χ4n) is 2.65. The van der Waals surface area contributed by atoms with Crippen LogP contribution in [0.5, 0.6) is 0 Å². The van der Waals surface area contributed by atoms with E-state index in [-0.39, 0.29) is 0 Å². The molecule has 1 aliphatic rings. The van der Waals surface area contributed by atoms with Crippen molar-refractivity contribution < 1.29 is 0 Å². The Kier molecular flexibility index (Phi) is 4.00. The summed E-state index contributed by atoms with van der Waals surface area (Å²) in [5.41, 5.74) is 1.45. The molecule has 0 N–H and O–H groups in total. The largest absolute Gasteiger partial charge is 0.299 e. The lowest BCUT2D eigenvalue weighted by Crippen LogP contribution is -2.21. The average molecular weight is 217 g/mol. The zero-order chi connectivity index (χ0) is 11.4. The van der Waals surface area contributed by atoms with Crippen LogP contribution < -0.4 is 0 Å². The Morgan fingerprint density at radius 2 is 2.06 bits per heavy atom. The SMILES string of the molecule is CC[C@H](C)[C@@H]1CCN(Cc2ccccc2)C1. The second kappa shape index (κ2) is 5.49. The van der Waals surface area contributed by atoms with Gasteiger partial charge in [0, 0.05) is 13.1 Å². The van der Waals surface area contributed by atoms with E-state index in [2.05, 4.69) is 49.1 Å². The summed E-state index contributed by atoms with van der Waals surface area (Å²) in [5.74, 6) is 1.81. The van der Waals surface area contributed by atoms with Gasteiger partial charge in [0.05, 0.1) is 0 Å². The summed E-state index contributed by atoms with van der Waals surface area (Å²) in [6.07, 6.45) is 2.71. The van der Waals surface area contributed by atoms with Crippen molar-refractivity contribution in [2.24, 2.45) is 11.8 Å². The maximum absolute atomic E-state index is 2.60. The zero-order valence-electron chi connectivity index (χ0n) is 10.5. The lowest BCUT2D eigenvalue weighted by atomic mass is 9.91. The summed E-state index contributed by atoms with van der Waals surface area (Å²) >= 11 is 0. The molecular weight excluding hydrogens is 194 g/mol. The van der Waals surface area contributed by atoms with E-state index in [1.54, 1.807) is 0 Å². The molecule has 1 aromatic rings. The third kappa shape index (κ3) is 2.85. The quantitative estimate of drug-likeness (QED) is 0.745. The van der Waals surface area contributed by atoms with Gasteiger partial charge in [-0.15, -0.1) is 0 Å². The number of benzene rings is 1. The van der Waals surface area contributed by atoms with Gasteiger partial charge >= 0.3 is 0 Å². The van der Waals surface area contributed by atoms with Crippen LogP contribution >= 0.6 is 0 Å². The van der Waals surface area contributed by atoms with Crippen molar-refractivity contribution in [2.45, 2.75) is 33.2 Å². The number of hydrogen-bond donors (Lipinski definition) is 0. The molecule has 1 heteroatoms. The molecule has 0 amide bonds. The molecule has 1 nitrogen and oxygen atoms in total. The third-order valence-corrected chi connectivity index (χ3v) is 4.01. The molecule has 1 fully saturated rings. The van der Waals surface area contributed by atoms with Crippen LogP contribution in [0.15, 0.2) is 30.3 Å². The first-order chi connectivity index (χ1) is 7.79. The minimum Gasteiger partial charge on any atom is -0.299 e. The molecule has 2 rings (SSSR count). The summed E-state index contributed by atoms with van der Waals surface area (Å²) in [7, 11) is 0. The smallest absolute Gasteiger partial charge is 0.0233 e. The molecule has 0 spiro atoms. The van der Waals surface area contributed by atoms with Crippen molar-refractivity contribution in [3.63, 3.8) is 0 Å². The Morgan fingerprint density at radius 3 is 2.75 bits per heavy atom. The highest BCUT2D eigenvalue weighted by molar-refractivity contribution is 5.14. The molecule has 2 atom stereocenters. The minimum atomic E-state index is 0.890. The van der Waals surface area contributed by atoms with Gasteiger partial charge in [0.25, 0.3) is 0 Å². The van der Waals surface area contributed by atoms with Crippen LogP contribution in [0.4, 0.5) is 0 Å². The maximum Gasteiger partial charge on any atom is 0.0233 e. The second-order valence-corrected chi connectivity index (χ2v) is 5.16. The highest BCUT2D eigenvalue weighted by Crippen LogP contribution is 2.26. The van der Waals surface area contributed by atoms with E-state index in [0.717, 1.165) is 18.4 Å². The van der Waals surface area contributed by atoms with Crippen LogP contribution in [-0.2, 0) is 6.54 Å². The Balaban J connectivity index is 1.85. The highest BCUT2D eigenvalue weighted by atomic mass is 15.1. The Labute approximate surface area is 99.5 Å². The molecule has 0 bridgehead atoms. The molecule has 16 heavy (non-hydrogen) atoms. The van der Waals surface area contributed by atoms with Gasteiger partial charge in [-0.05, 0) is 30.4 Å². The molecule has 0 radical (unpaired) electrons. The number of rotatable bonds is 4. The summed E-state index contributed by atoms with van der Waals surface area (Å²) in [6, 6.07) is 10.8. The molecule has 0 aromatic heterocycles. The van der Waals surface area contributed by atoms with Gasteiger partial charge in [-0.2, -0.15) is 0 Å². The topological polar surface area (TPSA) is 3.24 Å². The predicted octanol–water partition coefficient (Wildman–Crippen LogP) is 3.55. The van der Waals surface area contributed by atoms with Crippen molar-refractivity contribution in [3.8, 4) is 0 Å². The highest BCUT2D eigenvalue weighted by Gasteiger charge is 2.25. The molecule has 1 aliphatic heterocycles. The normalized spacial score (nSPS) is 23.5. The van der Waals surface area contributed by atoms with E-state index in [4.69, 9.17) is 0 Å². The van der Waals surface area contributed by atoms with Crippen LogP contribution in [0.25, 0.3) is 0 Å². The van der Waals surface area contributed by atoms with Crippen LogP contribution in [0.1, 0.15) is 32.3 Å². The zero-order valence-corrected chi connectivity index (χ0v) is 10.5. The van der Waals surface area contributed by atoms with E-state index < -0.39 is 0 Å². The lowest BCUT2D eigenvalue weighted by molar-refractivity contribution is 0.287. The molecule has 1 saturated heterocycles. The van der Waals surface area contributed by atoms with Crippen LogP contribution in [0.2, 0.25) is 0 Å². The molecule has 0 unspecified atom stereocenters. The Bertz CT molecular complexity index is 306. The first-order valence-corrected chi connectivity index (χ1v) is 6.56. The van der Waals surface area contributed by atoms with Crippen LogP contribution in [0, 0.1) is 11.8 Å². The van der Waals surface area contributed by atoms with Gasteiger partial charge in [-0.3, -0.25) is 4.90 Å². The first kappa shape index (κ1) is 11.7. The molecule has 0 aliphatic carbocycles. The van der Waals surface area contributed by atoms with E-state index in [1.807, 2.05) is 0 Å². The monoisotopic (exact) mass is 217 g/mol. The summed E-state index contributed by atoms with van der Waals surface area (Å²) in [5, 5.41) is 0. The third-order valence-electron chi connectivity index (χ3n) is 4.01. The van der Waals surface area contributed by atoms with Gasteiger partial charge in [-0.25, -0.2) is 0 Å². The molecule has 88 valence electrons. The molecule has 1 heterocycles. The molecular formula is C15H23N. The number of hydrogen-bond acceptors (Lipinski definition) is 1. The number of nitrogens with zero attached hydrogens (tertiary/aromatic N) is 1. The minimum absolute atomic E-state index is 0.890. The average Bonchev–Trinajstić information content (AvgIpc) is 2.78. The fourth-order valence-corrected chi connectivity index (χ4v) is 2.65. The van der Waals surface area contributed by atoms with Gasteiger partial charge < -0.3 is 0 Å². The van der Waals surface area contributed by atoms with E-state index >= 15 is 0 Å². The molecule has 1 aromatic carbocycles. The van der Waals surface area contributed by atoms with Crippen molar-refractivity contribution in [1.82, 2.24) is 4.90 Å². The lowest BCUT2D eigenvalue weighted by Gasteiger charge is -2.19. The standard InChI is InChI=1S/C15H23N/c1-3-13(2)15-9-10-16(12-15)11-14-7-5-4-6-8-14/h4-8,13,15H,3,9-12H2,1-2H3/t13-,15+/m0/s1. The first-order valence-electron chi connectivity index (χ1n) is 6.56. The summed E-state index contributed by atoms with van der Waals surface area (Å²) in [6.45, 7) is 8.42. The van der Waals surface area contributed by atoms with Gasteiger partial charge in [0.2, 0.25) is 0 Å². The summed E-state index contributed by atoms with van der Waals surface area (Å²) < 4.78 is 0.